The van der Waals surface area contributed by atoms with Crippen LogP contribution in [0.25, 0.3) is 0 Å². The molecule has 0 amide bonds. The first kappa shape index (κ1) is 42.7. The Morgan fingerprint density at radius 1 is 1.00 bits per heavy atom. The quantitative estimate of drug-likeness (QED) is 0.154. The van der Waals surface area contributed by atoms with Gasteiger partial charge in [-0.25, -0.2) is 0 Å². The lowest BCUT2D eigenvalue weighted by molar-refractivity contribution is -0.213. The lowest BCUT2D eigenvalue weighted by Gasteiger charge is -2.69. The van der Waals surface area contributed by atoms with Gasteiger partial charge in [-0.2, -0.15) is 0 Å². The second kappa shape index (κ2) is 16.6. The highest BCUT2D eigenvalue weighted by Crippen LogP contribution is 2.73. The molecule has 0 spiro atoms. The van der Waals surface area contributed by atoms with Crippen LogP contribution in [-0.2, 0) is 25.7 Å². The number of likely N-dealkylation sites (N-methyl/N-ethyl adjacent to an activating group) is 1. The van der Waals surface area contributed by atoms with Gasteiger partial charge in [-0.1, -0.05) is 61.0 Å². The summed E-state index contributed by atoms with van der Waals surface area (Å²) in [6, 6.07) is 4.25. The predicted molar refractivity (Wildman–Crippen MR) is 215 cm³/mol. The minimum Gasteiger partial charge on any atom is -0.462 e. The van der Waals surface area contributed by atoms with E-state index in [4.69, 9.17) is 9.84 Å². The van der Waals surface area contributed by atoms with Crippen LogP contribution in [0.3, 0.4) is 0 Å². The van der Waals surface area contributed by atoms with E-state index in [9.17, 15) is 14.4 Å². The number of aromatic nitrogens is 1. The van der Waals surface area contributed by atoms with E-state index in [0.29, 0.717) is 35.9 Å². The number of esters is 1. The van der Waals surface area contributed by atoms with Crippen molar-refractivity contribution in [3.05, 3.63) is 41.2 Å². The molecule has 54 heavy (non-hydrogen) atoms. The number of aldehydes is 1. The Kier molecular flexibility index (Phi) is 13.1. The molecular weight excluding hydrogens is 675 g/mol. The lowest BCUT2D eigenvalue weighted by atomic mass is 9.36. The van der Waals surface area contributed by atoms with Gasteiger partial charge in [0.2, 0.25) is 0 Å². The molecule has 0 bridgehead atoms. The number of nitrogens with zero attached hydrogens (tertiary/aromatic N) is 2. The number of hydrogen-bond acceptors (Lipinski definition) is 8. The zero-order chi connectivity index (χ0) is 39.7. The minimum atomic E-state index is -0.700. The summed E-state index contributed by atoms with van der Waals surface area (Å²) in [6.07, 6.45) is 15.5. The number of aliphatic hydroxyl groups excluding tert-OH is 1. The first-order chi connectivity index (χ1) is 25.5. The van der Waals surface area contributed by atoms with Gasteiger partial charge in [-0.15, -0.1) is 0 Å². The van der Waals surface area contributed by atoms with Crippen molar-refractivity contribution in [1.29, 1.82) is 0 Å². The van der Waals surface area contributed by atoms with Crippen LogP contribution in [0.4, 0.5) is 0 Å². The van der Waals surface area contributed by atoms with Crippen LogP contribution in [0.1, 0.15) is 132 Å². The summed E-state index contributed by atoms with van der Waals surface area (Å²) in [5, 5.41) is 10.4. The van der Waals surface area contributed by atoms with Gasteiger partial charge >= 0.3 is 5.97 Å². The van der Waals surface area contributed by atoms with Gasteiger partial charge in [0.1, 0.15) is 12.4 Å². The summed E-state index contributed by atoms with van der Waals surface area (Å²) in [5.41, 5.74) is 3.64. The second-order valence-corrected chi connectivity index (χ2v) is 20.0. The third-order valence-electron chi connectivity index (χ3n) is 15.6. The second-order valence-electron chi connectivity index (χ2n) is 20.0. The Hall–Kier alpha value is -2.42. The summed E-state index contributed by atoms with van der Waals surface area (Å²) >= 11 is 0. The fourth-order valence-electron chi connectivity index (χ4n) is 13.2. The van der Waals surface area contributed by atoms with Crippen molar-refractivity contribution in [3.63, 3.8) is 0 Å². The molecule has 0 saturated heterocycles. The summed E-state index contributed by atoms with van der Waals surface area (Å²) < 4.78 is 6.24. The van der Waals surface area contributed by atoms with Crippen LogP contribution in [0.5, 0.6) is 0 Å². The maximum Gasteiger partial charge on any atom is 0.307 e. The molecule has 4 fully saturated rings. The van der Waals surface area contributed by atoms with Gasteiger partial charge in [0.25, 0.3) is 0 Å². The van der Waals surface area contributed by atoms with Crippen molar-refractivity contribution in [2.45, 2.75) is 139 Å². The van der Waals surface area contributed by atoms with Crippen LogP contribution in [-0.4, -0.2) is 72.9 Å². The van der Waals surface area contributed by atoms with E-state index in [1.165, 1.54) is 36.8 Å². The summed E-state index contributed by atoms with van der Waals surface area (Å²) in [7, 11) is 3.03. The van der Waals surface area contributed by atoms with E-state index in [0.717, 1.165) is 71.7 Å². The van der Waals surface area contributed by atoms with E-state index < -0.39 is 5.41 Å². The van der Waals surface area contributed by atoms with Crippen molar-refractivity contribution >= 4 is 18.0 Å². The molecule has 0 radical (unpaired) electrons. The van der Waals surface area contributed by atoms with Crippen molar-refractivity contribution in [1.82, 2.24) is 15.2 Å². The molecule has 0 aliphatic heterocycles. The van der Waals surface area contributed by atoms with Crippen LogP contribution in [0.15, 0.2) is 35.7 Å². The largest absolute Gasteiger partial charge is 0.462 e. The third-order valence-corrected chi connectivity index (χ3v) is 15.6. The SMILES string of the molecule is CNCCN(CCC12CCC3C(CCC4C3(C)CCC3C(C)(C)C(OC(=O)CC(C)(C)C=O)CCC34C)C1=C(C(C)C)C(=O)C2)Cc1ccncc1.CO. The third kappa shape index (κ3) is 7.92. The molecule has 1 aromatic heterocycles. The number of ketones is 1. The fraction of sp³-hybridized carbons (Fsp3) is 0.783. The number of Topliss-reactive ketones (excluding diaryl/α,β-unsaturated/α-hetero) is 1. The van der Waals surface area contributed by atoms with Gasteiger partial charge in [-0.05, 0) is 135 Å². The Balaban J connectivity index is 0.00000276. The van der Waals surface area contributed by atoms with Crippen LogP contribution in [0.2, 0.25) is 0 Å². The van der Waals surface area contributed by atoms with Crippen molar-refractivity contribution < 1.29 is 24.2 Å². The minimum absolute atomic E-state index is 0.0133. The lowest BCUT2D eigenvalue weighted by Crippen LogP contribution is -2.63. The normalized spacial score (nSPS) is 34.3. The number of rotatable bonds is 13. The van der Waals surface area contributed by atoms with Crippen molar-refractivity contribution in [2.24, 2.45) is 56.7 Å². The molecule has 8 unspecified atom stereocenters. The van der Waals surface area contributed by atoms with E-state index in [-0.39, 0.29) is 46.1 Å². The Bertz CT molecular complexity index is 1520. The maximum absolute atomic E-state index is 14.1. The number of nitrogens with one attached hydrogen (secondary N) is 1. The highest BCUT2D eigenvalue weighted by Gasteiger charge is 2.66. The molecule has 1 aromatic rings. The monoisotopic (exact) mass is 748 g/mol. The van der Waals surface area contributed by atoms with Crippen LogP contribution in [0, 0.1) is 56.7 Å². The molecule has 5 aliphatic carbocycles. The molecule has 8 heteroatoms. The number of carbonyl (C=O) groups is 3. The average Bonchev–Trinajstić information content (AvgIpc) is 3.44. The Morgan fingerprint density at radius 3 is 2.33 bits per heavy atom. The number of carbonyl (C=O) groups excluding carboxylic acids is 3. The number of allylic oxidation sites excluding steroid dienone is 2. The average molecular weight is 748 g/mol. The van der Waals surface area contributed by atoms with Gasteiger partial charge in [0.15, 0.2) is 5.78 Å². The summed E-state index contributed by atoms with van der Waals surface area (Å²) in [6.45, 7) is 21.9. The Labute approximate surface area is 327 Å². The van der Waals surface area contributed by atoms with Gasteiger partial charge in [0.05, 0.1) is 6.42 Å². The Morgan fingerprint density at radius 2 is 1.69 bits per heavy atom. The molecule has 4 saturated carbocycles. The topological polar surface area (TPSA) is 109 Å². The molecule has 5 aliphatic rings. The van der Waals surface area contributed by atoms with E-state index >= 15 is 0 Å². The number of pyridine rings is 1. The predicted octanol–water partition coefficient (Wildman–Crippen LogP) is 8.22. The van der Waals surface area contributed by atoms with Gasteiger partial charge in [-0.3, -0.25) is 19.5 Å². The van der Waals surface area contributed by atoms with E-state index in [2.05, 4.69) is 68.9 Å². The number of hydrogen-bond donors (Lipinski definition) is 2. The molecule has 8 nitrogen and oxygen atoms in total. The van der Waals surface area contributed by atoms with E-state index in [1.54, 1.807) is 5.57 Å². The molecule has 6 rings (SSSR count). The maximum atomic E-state index is 14.1. The number of ether oxygens (including phenoxy) is 1. The molecule has 2 N–H and O–H groups in total. The molecule has 302 valence electrons. The molecule has 0 aromatic carbocycles. The van der Waals surface area contributed by atoms with Gasteiger partial charge < -0.3 is 20.0 Å². The highest BCUT2D eigenvalue weighted by molar-refractivity contribution is 6.00. The highest BCUT2D eigenvalue weighted by atomic mass is 16.5. The zero-order valence-corrected chi connectivity index (χ0v) is 35.4. The molecule has 8 atom stereocenters. The summed E-state index contributed by atoms with van der Waals surface area (Å²) in [4.78, 5) is 45.5. The van der Waals surface area contributed by atoms with Gasteiger partial charge in [0, 0.05) is 61.8 Å². The first-order valence-corrected chi connectivity index (χ1v) is 21.2. The zero-order valence-electron chi connectivity index (χ0n) is 35.4. The molecular formula is C46H73N3O5. The number of fused-ring (bicyclic) bond motifs is 7. The van der Waals surface area contributed by atoms with Crippen LogP contribution >= 0.6 is 0 Å². The van der Waals surface area contributed by atoms with Crippen molar-refractivity contribution in [3.8, 4) is 0 Å². The first-order valence-electron chi connectivity index (χ1n) is 21.2. The summed E-state index contributed by atoms with van der Waals surface area (Å²) in [5.74, 6) is 2.64. The number of aliphatic hydroxyl groups is 1. The fourth-order valence-corrected chi connectivity index (χ4v) is 13.2. The smallest absolute Gasteiger partial charge is 0.307 e. The van der Waals surface area contributed by atoms with Crippen molar-refractivity contribution in [2.75, 3.05) is 33.8 Å². The standard InChI is InChI=1S/C45H69N3O4.CH4O/c1-30(2)39-34(50)26-45(20-24-48(25-23-46-9)28-31-15-21-47-22-16-31)19-12-33-32(40(39)45)10-11-36-43(33,7)17-13-35-42(5,6)37(14-18-44(35,36)8)52-38(51)27-41(3,4)29-49;1-2/h15-16,21-22,29-30,32-33,35-37,46H,10-14,17-20,23-28H2,1-9H3;2H,1H3. The van der Waals surface area contributed by atoms with Crippen LogP contribution < -0.4 is 5.32 Å². The van der Waals surface area contributed by atoms with E-state index in [1.807, 2.05) is 33.3 Å². The molecule has 1 heterocycles.